The summed E-state index contributed by atoms with van der Waals surface area (Å²) in [5.41, 5.74) is 4.27. The van der Waals surface area contributed by atoms with E-state index in [1.165, 1.54) is 29.5 Å². The van der Waals surface area contributed by atoms with Gasteiger partial charge >= 0.3 is 0 Å². The van der Waals surface area contributed by atoms with Gasteiger partial charge in [0.1, 0.15) is 0 Å². The summed E-state index contributed by atoms with van der Waals surface area (Å²) in [7, 11) is 0. The number of allylic oxidation sites excluding steroid dienone is 1. The Hall–Kier alpha value is -1.04. The van der Waals surface area contributed by atoms with Gasteiger partial charge < -0.3 is 0 Å². The van der Waals surface area contributed by atoms with E-state index in [4.69, 9.17) is 0 Å². The van der Waals surface area contributed by atoms with Crippen LogP contribution in [0.3, 0.4) is 0 Å². The molecule has 1 aromatic rings. The van der Waals surface area contributed by atoms with Crippen molar-refractivity contribution < 1.29 is 0 Å². The van der Waals surface area contributed by atoms with Crippen LogP contribution in [-0.2, 0) is 6.42 Å². The van der Waals surface area contributed by atoms with Crippen molar-refractivity contribution in [3.8, 4) is 0 Å². The Balaban J connectivity index is 0. The van der Waals surface area contributed by atoms with Gasteiger partial charge in [-0.15, -0.1) is 0 Å². The standard InChI is InChI=1S/C11H12.3C2H6/c1-9-6-7-10-4-2-3-5-11(10)8-9;3*1-2/h3,5-8H,2,4H2,1H3;3*1-2H3. The van der Waals surface area contributed by atoms with Crippen LogP contribution in [0, 0.1) is 6.92 Å². The Morgan fingerprint density at radius 2 is 1.47 bits per heavy atom. The van der Waals surface area contributed by atoms with Gasteiger partial charge in [-0.1, -0.05) is 77.5 Å². The fourth-order valence-corrected chi connectivity index (χ4v) is 1.55. The number of benzene rings is 1. The fourth-order valence-electron chi connectivity index (χ4n) is 1.55. The third kappa shape index (κ3) is 6.99. The van der Waals surface area contributed by atoms with Crippen molar-refractivity contribution in [2.75, 3.05) is 0 Å². The molecule has 0 aromatic heterocycles. The van der Waals surface area contributed by atoms with Gasteiger partial charge in [0.2, 0.25) is 0 Å². The van der Waals surface area contributed by atoms with Gasteiger partial charge in [-0.05, 0) is 30.9 Å². The molecule has 0 atom stereocenters. The molecule has 98 valence electrons. The third-order valence-corrected chi connectivity index (χ3v) is 2.18. The maximum atomic E-state index is 2.25. The van der Waals surface area contributed by atoms with Crippen LogP contribution in [0.5, 0.6) is 0 Å². The van der Waals surface area contributed by atoms with Crippen LogP contribution in [0.1, 0.15) is 64.7 Å². The van der Waals surface area contributed by atoms with Gasteiger partial charge in [-0.2, -0.15) is 0 Å². The summed E-state index contributed by atoms with van der Waals surface area (Å²) in [5.74, 6) is 0. The van der Waals surface area contributed by atoms with E-state index >= 15 is 0 Å². The van der Waals surface area contributed by atoms with Crippen molar-refractivity contribution in [3.05, 3.63) is 41.0 Å². The maximum absolute atomic E-state index is 2.25. The highest BCUT2D eigenvalue weighted by molar-refractivity contribution is 5.57. The van der Waals surface area contributed by atoms with Gasteiger partial charge in [-0.25, -0.2) is 0 Å². The van der Waals surface area contributed by atoms with Crippen molar-refractivity contribution in [1.82, 2.24) is 0 Å². The molecule has 0 bridgehead atoms. The zero-order valence-electron chi connectivity index (χ0n) is 12.8. The lowest BCUT2D eigenvalue weighted by Crippen LogP contribution is -1.93. The molecule has 0 unspecified atom stereocenters. The van der Waals surface area contributed by atoms with Crippen LogP contribution in [0.15, 0.2) is 24.3 Å². The van der Waals surface area contributed by atoms with Gasteiger partial charge in [-0.3, -0.25) is 0 Å². The first-order chi connectivity index (χ1) is 8.36. The second kappa shape index (κ2) is 13.0. The number of aryl methyl sites for hydroxylation is 2. The van der Waals surface area contributed by atoms with Gasteiger partial charge in [0, 0.05) is 0 Å². The second-order valence-electron chi connectivity index (χ2n) is 3.14. The van der Waals surface area contributed by atoms with E-state index in [2.05, 4.69) is 37.3 Å². The minimum atomic E-state index is 1.20. The molecule has 0 nitrogen and oxygen atoms in total. The van der Waals surface area contributed by atoms with E-state index in [0.717, 1.165) is 0 Å². The summed E-state index contributed by atoms with van der Waals surface area (Å²) < 4.78 is 0. The van der Waals surface area contributed by atoms with Crippen molar-refractivity contribution in [1.29, 1.82) is 0 Å². The number of hydrogen-bond donors (Lipinski definition) is 0. The van der Waals surface area contributed by atoms with E-state index in [1.807, 2.05) is 41.5 Å². The summed E-state index contributed by atoms with van der Waals surface area (Å²) in [6.45, 7) is 14.1. The summed E-state index contributed by atoms with van der Waals surface area (Å²) in [4.78, 5) is 0. The smallest absolute Gasteiger partial charge is 0.0225 e. The van der Waals surface area contributed by atoms with Gasteiger partial charge in [0.25, 0.3) is 0 Å². The highest BCUT2D eigenvalue weighted by Crippen LogP contribution is 2.19. The Labute approximate surface area is 109 Å². The third-order valence-electron chi connectivity index (χ3n) is 2.18. The molecule has 0 radical (unpaired) electrons. The maximum Gasteiger partial charge on any atom is -0.0225 e. The predicted octanol–water partition coefficient (Wildman–Crippen LogP) is 6.03. The van der Waals surface area contributed by atoms with Crippen LogP contribution in [0.4, 0.5) is 0 Å². The minimum absolute atomic E-state index is 1.20. The molecule has 2 rings (SSSR count). The summed E-state index contributed by atoms with van der Waals surface area (Å²) in [5, 5.41) is 0. The second-order valence-corrected chi connectivity index (χ2v) is 3.14. The highest BCUT2D eigenvalue weighted by Gasteiger charge is 2.02. The van der Waals surface area contributed by atoms with Gasteiger partial charge in [0.05, 0.1) is 0 Å². The molecule has 1 aliphatic rings. The normalized spacial score (nSPS) is 10.5. The average Bonchev–Trinajstić information content (AvgIpc) is 2.45. The quantitative estimate of drug-likeness (QED) is 0.514. The van der Waals surface area contributed by atoms with Crippen molar-refractivity contribution in [3.63, 3.8) is 0 Å². The van der Waals surface area contributed by atoms with Crippen molar-refractivity contribution >= 4 is 6.08 Å². The van der Waals surface area contributed by atoms with Crippen molar-refractivity contribution in [2.45, 2.75) is 61.3 Å². The first kappa shape index (κ1) is 18.3. The molecule has 0 N–H and O–H groups in total. The molecule has 0 saturated carbocycles. The monoisotopic (exact) mass is 234 g/mol. The molecule has 0 spiro atoms. The Morgan fingerprint density at radius 3 is 2.06 bits per heavy atom. The van der Waals surface area contributed by atoms with E-state index < -0.39 is 0 Å². The van der Waals surface area contributed by atoms with Gasteiger partial charge in [0.15, 0.2) is 0 Å². The van der Waals surface area contributed by atoms with Crippen LogP contribution >= 0.6 is 0 Å². The first-order valence-electron chi connectivity index (χ1n) is 7.12. The molecule has 0 fully saturated rings. The van der Waals surface area contributed by atoms with Crippen molar-refractivity contribution in [2.24, 2.45) is 0 Å². The lowest BCUT2D eigenvalue weighted by molar-refractivity contribution is 0.984. The molecule has 0 amide bonds. The molecule has 1 aliphatic carbocycles. The largest absolute Gasteiger partial charge is 0.0836 e. The Kier molecular flexibility index (Phi) is 14.0. The number of fused-ring (bicyclic) bond motifs is 1. The average molecular weight is 234 g/mol. The molecule has 0 heteroatoms. The molecular formula is C17H30. The lowest BCUT2D eigenvalue weighted by Gasteiger charge is -2.09. The van der Waals surface area contributed by atoms with Crippen LogP contribution < -0.4 is 0 Å². The van der Waals surface area contributed by atoms with E-state index in [9.17, 15) is 0 Å². The first-order valence-corrected chi connectivity index (χ1v) is 7.12. The molecule has 0 aliphatic heterocycles. The zero-order chi connectivity index (χ0) is 13.7. The summed E-state index contributed by atoms with van der Waals surface area (Å²) in [6.07, 6.45) is 6.90. The van der Waals surface area contributed by atoms with E-state index in [1.54, 1.807) is 0 Å². The molecule has 1 aromatic carbocycles. The van der Waals surface area contributed by atoms with Crippen LogP contribution in [0.2, 0.25) is 0 Å². The molecule has 0 heterocycles. The summed E-state index contributed by atoms with van der Waals surface area (Å²) in [6, 6.07) is 6.69. The lowest BCUT2D eigenvalue weighted by atomic mass is 9.96. The van der Waals surface area contributed by atoms with Crippen LogP contribution in [0.25, 0.3) is 6.08 Å². The fraction of sp³-hybridized carbons (Fsp3) is 0.529. The minimum Gasteiger partial charge on any atom is -0.0836 e. The predicted molar refractivity (Wildman–Crippen MR) is 82.6 cm³/mol. The zero-order valence-corrected chi connectivity index (χ0v) is 12.8. The Bertz CT molecular complexity index is 295. The summed E-state index contributed by atoms with van der Waals surface area (Å²) >= 11 is 0. The molecular weight excluding hydrogens is 204 g/mol. The SMILES string of the molecule is CC.CC.CC.Cc1ccc2c(c1)C=CCC2. The number of hydrogen-bond acceptors (Lipinski definition) is 0. The van der Waals surface area contributed by atoms with E-state index in [-0.39, 0.29) is 0 Å². The van der Waals surface area contributed by atoms with E-state index in [0.29, 0.717) is 0 Å². The molecule has 17 heavy (non-hydrogen) atoms. The number of rotatable bonds is 0. The highest BCUT2D eigenvalue weighted by atomic mass is 14.1. The van der Waals surface area contributed by atoms with Crippen LogP contribution in [-0.4, -0.2) is 0 Å². The topological polar surface area (TPSA) is 0 Å². The molecule has 0 saturated heterocycles. The Morgan fingerprint density at radius 1 is 0.882 bits per heavy atom.